The van der Waals surface area contributed by atoms with Crippen LogP contribution in [0.2, 0.25) is 0 Å². The second-order valence-corrected chi connectivity index (χ2v) is 7.58. The number of rotatable bonds is 4. The second kappa shape index (κ2) is 6.79. The number of aliphatic hydroxyl groups excluding tert-OH is 1. The van der Waals surface area contributed by atoms with Crippen molar-refractivity contribution < 1.29 is 5.11 Å². The molecule has 1 aliphatic heterocycles. The molecule has 0 radical (unpaired) electrons. The van der Waals surface area contributed by atoms with Crippen LogP contribution in [0.5, 0.6) is 0 Å². The smallest absolute Gasteiger partial charge is 0.195 e. The lowest BCUT2D eigenvalue weighted by Gasteiger charge is -2.18. The molecular formula is C18H21N5O2S. The van der Waals surface area contributed by atoms with Crippen molar-refractivity contribution in [2.75, 3.05) is 31.1 Å². The van der Waals surface area contributed by atoms with Gasteiger partial charge in [0.1, 0.15) is 5.82 Å². The minimum atomic E-state index is -0.0126. The summed E-state index contributed by atoms with van der Waals surface area (Å²) in [5.41, 5.74) is 7.09. The summed E-state index contributed by atoms with van der Waals surface area (Å²) < 4.78 is 1.88. The molecule has 0 bridgehead atoms. The molecule has 1 unspecified atom stereocenters. The highest BCUT2D eigenvalue weighted by Gasteiger charge is 2.32. The summed E-state index contributed by atoms with van der Waals surface area (Å²) in [7, 11) is 0. The predicted molar refractivity (Wildman–Crippen MR) is 103 cm³/mol. The van der Waals surface area contributed by atoms with E-state index in [4.69, 9.17) is 10.7 Å². The third kappa shape index (κ3) is 2.80. The molecule has 3 aromatic heterocycles. The fourth-order valence-corrected chi connectivity index (χ4v) is 4.20. The summed E-state index contributed by atoms with van der Waals surface area (Å²) in [5, 5.41) is 12.8. The van der Waals surface area contributed by atoms with Gasteiger partial charge in [-0.2, -0.15) is 0 Å². The van der Waals surface area contributed by atoms with E-state index in [-0.39, 0.29) is 23.9 Å². The Hall–Kier alpha value is -2.29. The van der Waals surface area contributed by atoms with Crippen molar-refractivity contribution in [1.82, 2.24) is 14.5 Å². The third-order valence-electron chi connectivity index (χ3n) is 5.08. The van der Waals surface area contributed by atoms with Crippen LogP contribution in [-0.2, 0) is 0 Å². The first-order valence-corrected chi connectivity index (χ1v) is 9.49. The Bertz CT molecular complexity index is 973. The van der Waals surface area contributed by atoms with Crippen molar-refractivity contribution in [1.29, 1.82) is 0 Å². The molecule has 4 heterocycles. The molecule has 26 heavy (non-hydrogen) atoms. The van der Waals surface area contributed by atoms with Crippen LogP contribution in [0.1, 0.15) is 5.56 Å². The van der Waals surface area contributed by atoms with Gasteiger partial charge in [-0.25, -0.2) is 9.97 Å². The number of nitrogens with zero attached hydrogens (tertiary/aromatic N) is 4. The first-order valence-electron chi connectivity index (χ1n) is 8.61. The molecule has 2 atom stereocenters. The van der Waals surface area contributed by atoms with Crippen LogP contribution in [0.4, 0.5) is 5.82 Å². The largest absolute Gasteiger partial charge is 0.396 e. The predicted octanol–water partition coefficient (Wildman–Crippen LogP) is 1.15. The van der Waals surface area contributed by atoms with Crippen LogP contribution in [0.15, 0.2) is 34.7 Å². The van der Waals surface area contributed by atoms with Crippen LogP contribution >= 0.6 is 11.3 Å². The number of nitrogens with two attached hydrogens (primary N) is 1. The van der Waals surface area contributed by atoms with Gasteiger partial charge in [-0.1, -0.05) is 0 Å². The molecule has 1 aliphatic rings. The van der Waals surface area contributed by atoms with E-state index >= 15 is 0 Å². The monoisotopic (exact) mass is 371 g/mol. The molecule has 8 heteroatoms. The molecule has 0 saturated carbocycles. The van der Waals surface area contributed by atoms with E-state index < -0.39 is 0 Å². The summed E-state index contributed by atoms with van der Waals surface area (Å²) in [4.78, 5) is 23.8. The normalized spacial score (nSPS) is 20.2. The number of hydrogen-bond acceptors (Lipinski definition) is 7. The molecule has 0 aliphatic carbocycles. The molecule has 3 aromatic rings. The van der Waals surface area contributed by atoms with Crippen molar-refractivity contribution in [3.8, 4) is 5.13 Å². The molecule has 0 spiro atoms. The van der Waals surface area contributed by atoms with Gasteiger partial charge >= 0.3 is 0 Å². The molecular weight excluding hydrogens is 350 g/mol. The van der Waals surface area contributed by atoms with Gasteiger partial charge in [-0.15, -0.1) is 11.3 Å². The van der Waals surface area contributed by atoms with Crippen molar-refractivity contribution >= 4 is 28.2 Å². The van der Waals surface area contributed by atoms with Crippen LogP contribution in [0, 0.1) is 18.8 Å². The Balaban J connectivity index is 1.83. The van der Waals surface area contributed by atoms with E-state index in [1.54, 1.807) is 19.3 Å². The topological polar surface area (TPSA) is 97.3 Å². The lowest BCUT2D eigenvalue weighted by molar-refractivity contribution is 0.208. The van der Waals surface area contributed by atoms with Crippen LogP contribution < -0.4 is 16.1 Å². The highest BCUT2D eigenvalue weighted by atomic mass is 32.1. The van der Waals surface area contributed by atoms with Gasteiger partial charge in [0.15, 0.2) is 16.2 Å². The highest BCUT2D eigenvalue weighted by Crippen LogP contribution is 2.28. The maximum absolute atomic E-state index is 12.5. The lowest BCUT2D eigenvalue weighted by atomic mass is 9.97. The Kier molecular flexibility index (Phi) is 4.47. The fourth-order valence-electron chi connectivity index (χ4n) is 3.58. The Morgan fingerprint density at radius 2 is 2.15 bits per heavy atom. The number of aryl methyl sites for hydroxylation is 1. The van der Waals surface area contributed by atoms with Crippen LogP contribution in [-0.4, -0.2) is 45.9 Å². The number of fused-ring (bicyclic) bond motifs is 1. The number of hydrogen-bond donors (Lipinski definition) is 2. The van der Waals surface area contributed by atoms with Crippen LogP contribution in [0.25, 0.3) is 16.2 Å². The standard InChI is InChI=1S/C18H21N5O2S/c1-11-7-23(18-20-4-5-26-18)17-14(16(11)25)2-3-15(21-17)22-8-12(6-19)13(9-22)10-24/h2-5,7,12-13,24H,6,8-10,19H2,1H3/t12-,13?/m0/s1. The molecule has 1 fully saturated rings. The molecule has 4 rings (SSSR count). The van der Waals surface area contributed by atoms with Gasteiger partial charge in [-0.3, -0.25) is 9.36 Å². The zero-order valence-electron chi connectivity index (χ0n) is 14.5. The molecule has 3 N–H and O–H groups in total. The number of aromatic nitrogens is 3. The van der Waals surface area contributed by atoms with E-state index in [9.17, 15) is 9.90 Å². The molecule has 7 nitrogen and oxygen atoms in total. The summed E-state index contributed by atoms with van der Waals surface area (Å²) in [5.74, 6) is 1.19. The number of pyridine rings is 2. The Morgan fingerprint density at radius 3 is 2.81 bits per heavy atom. The Labute approximate surface area is 154 Å². The summed E-state index contributed by atoms with van der Waals surface area (Å²) in [6.45, 7) is 3.93. The van der Waals surface area contributed by atoms with Gasteiger partial charge in [0.05, 0.1) is 5.39 Å². The van der Waals surface area contributed by atoms with Crippen LogP contribution in [0.3, 0.4) is 0 Å². The second-order valence-electron chi connectivity index (χ2n) is 6.71. The number of thiazole rings is 1. The average molecular weight is 371 g/mol. The quantitative estimate of drug-likeness (QED) is 0.714. The minimum absolute atomic E-state index is 0.0126. The third-order valence-corrected chi connectivity index (χ3v) is 5.85. The summed E-state index contributed by atoms with van der Waals surface area (Å²) >= 11 is 1.50. The minimum Gasteiger partial charge on any atom is -0.396 e. The summed E-state index contributed by atoms with van der Waals surface area (Å²) in [6, 6.07) is 3.71. The summed E-state index contributed by atoms with van der Waals surface area (Å²) in [6.07, 6.45) is 3.53. The van der Waals surface area contributed by atoms with Crippen molar-refractivity contribution in [2.45, 2.75) is 6.92 Å². The van der Waals surface area contributed by atoms with Gasteiger partial charge in [0.2, 0.25) is 0 Å². The number of anilines is 1. The maximum atomic E-state index is 12.5. The van der Waals surface area contributed by atoms with Crippen molar-refractivity contribution in [3.05, 3.63) is 45.7 Å². The number of aliphatic hydroxyl groups is 1. The van der Waals surface area contributed by atoms with Gasteiger partial charge in [0, 0.05) is 49.0 Å². The van der Waals surface area contributed by atoms with E-state index in [1.807, 2.05) is 22.1 Å². The zero-order chi connectivity index (χ0) is 18.3. The van der Waals surface area contributed by atoms with Gasteiger partial charge in [-0.05, 0) is 31.5 Å². The highest BCUT2D eigenvalue weighted by molar-refractivity contribution is 7.12. The Morgan fingerprint density at radius 1 is 1.35 bits per heavy atom. The first kappa shape index (κ1) is 17.1. The fraction of sp³-hybridized carbons (Fsp3) is 0.389. The molecule has 1 saturated heterocycles. The van der Waals surface area contributed by atoms with E-state index in [0.717, 1.165) is 17.5 Å². The van der Waals surface area contributed by atoms with Crippen molar-refractivity contribution in [2.24, 2.45) is 17.6 Å². The molecule has 0 amide bonds. The first-order chi connectivity index (χ1) is 12.6. The molecule has 0 aromatic carbocycles. The van der Waals surface area contributed by atoms with Gasteiger partial charge in [0.25, 0.3) is 0 Å². The SMILES string of the molecule is Cc1cn(-c2nccs2)c2nc(N3CC(CO)[C@@H](CN)C3)ccc2c1=O. The zero-order valence-corrected chi connectivity index (χ0v) is 15.3. The van der Waals surface area contributed by atoms with Crippen molar-refractivity contribution in [3.63, 3.8) is 0 Å². The van der Waals surface area contributed by atoms with E-state index in [2.05, 4.69) is 9.88 Å². The maximum Gasteiger partial charge on any atom is 0.195 e. The van der Waals surface area contributed by atoms with E-state index in [0.29, 0.717) is 29.7 Å². The lowest BCUT2D eigenvalue weighted by Crippen LogP contribution is -2.24. The van der Waals surface area contributed by atoms with E-state index in [1.165, 1.54) is 11.3 Å². The average Bonchev–Trinajstić information content (AvgIpc) is 3.33. The molecule has 136 valence electrons. The van der Waals surface area contributed by atoms with Gasteiger partial charge < -0.3 is 15.7 Å².